The van der Waals surface area contributed by atoms with Gasteiger partial charge in [0.25, 0.3) is 0 Å². The second-order valence-electron chi connectivity index (χ2n) is 11.6. The third-order valence-corrected chi connectivity index (χ3v) is 7.45. The highest BCUT2D eigenvalue weighted by atomic mass is 35.5. The van der Waals surface area contributed by atoms with E-state index < -0.39 is 5.60 Å². The quantitative estimate of drug-likeness (QED) is 0.251. The lowest BCUT2D eigenvalue weighted by molar-refractivity contribution is 0.0501. The Hall–Kier alpha value is -2.61. The van der Waals surface area contributed by atoms with Crippen LogP contribution in [0.25, 0.3) is 10.9 Å². The van der Waals surface area contributed by atoms with E-state index in [0.717, 1.165) is 54.3 Å². The van der Waals surface area contributed by atoms with Gasteiger partial charge in [-0.3, -0.25) is 0 Å². The molecule has 8 heteroatoms. The molecule has 1 amide bonds. The van der Waals surface area contributed by atoms with Gasteiger partial charge in [-0.2, -0.15) is 0 Å². The average Bonchev–Trinajstić information content (AvgIpc) is 3.28. The SMILES string of the molecule is CC(C)(C)OC(=O)NCC1CCC(COCCNCc2cc(F)cc3c2ccn3Cc2ccc(Cl)cc2)CC1. The number of ether oxygens (including phenoxy) is 2. The van der Waals surface area contributed by atoms with E-state index in [0.29, 0.717) is 49.6 Å². The molecule has 1 saturated carbocycles. The van der Waals surface area contributed by atoms with Gasteiger partial charge in [0.1, 0.15) is 11.4 Å². The Morgan fingerprint density at radius 2 is 1.79 bits per heavy atom. The van der Waals surface area contributed by atoms with Crippen molar-refractivity contribution in [3.05, 3.63) is 70.6 Å². The minimum atomic E-state index is -0.470. The molecule has 2 N–H and O–H groups in total. The summed E-state index contributed by atoms with van der Waals surface area (Å²) in [4.78, 5) is 11.9. The number of carbonyl (C=O) groups is 1. The molecule has 0 unspecified atom stereocenters. The molecule has 0 bridgehead atoms. The van der Waals surface area contributed by atoms with E-state index in [1.807, 2.05) is 51.2 Å². The Bertz CT molecular complexity index is 1210. The van der Waals surface area contributed by atoms with Gasteiger partial charge in [-0.1, -0.05) is 23.7 Å². The van der Waals surface area contributed by atoms with Gasteiger partial charge in [-0.05, 0) is 99.7 Å². The van der Waals surface area contributed by atoms with Crippen molar-refractivity contribution in [3.63, 3.8) is 0 Å². The van der Waals surface area contributed by atoms with E-state index in [1.54, 1.807) is 12.1 Å². The van der Waals surface area contributed by atoms with Gasteiger partial charge in [0, 0.05) is 49.4 Å². The molecule has 4 rings (SSSR count). The minimum Gasteiger partial charge on any atom is -0.444 e. The van der Waals surface area contributed by atoms with E-state index in [-0.39, 0.29) is 11.9 Å². The summed E-state index contributed by atoms with van der Waals surface area (Å²) >= 11 is 6.00. The molecule has 0 radical (unpaired) electrons. The van der Waals surface area contributed by atoms with Gasteiger partial charge < -0.3 is 24.7 Å². The maximum atomic E-state index is 14.5. The summed E-state index contributed by atoms with van der Waals surface area (Å²) in [6, 6.07) is 13.0. The van der Waals surface area contributed by atoms with Crippen LogP contribution in [0.3, 0.4) is 0 Å². The first-order valence-corrected chi connectivity index (χ1v) is 14.3. The third-order valence-electron chi connectivity index (χ3n) is 7.20. The highest BCUT2D eigenvalue weighted by Gasteiger charge is 2.23. The zero-order chi connectivity index (χ0) is 27.8. The number of hydrogen-bond donors (Lipinski definition) is 2. The summed E-state index contributed by atoms with van der Waals surface area (Å²) in [5.41, 5.74) is 2.47. The van der Waals surface area contributed by atoms with Gasteiger partial charge in [-0.15, -0.1) is 0 Å². The van der Waals surface area contributed by atoms with E-state index in [1.165, 1.54) is 0 Å². The fraction of sp³-hybridized carbons (Fsp3) is 0.516. The van der Waals surface area contributed by atoms with Crippen LogP contribution in [-0.2, 0) is 22.6 Å². The van der Waals surface area contributed by atoms with Gasteiger partial charge in [-0.25, -0.2) is 9.18 Å². The zero-order valence-corrected chi connectivity index (χ0v) is 24.0. The van der Waals surface area contributed by atoms with Crippen LogP contribution in [-0.4, -0.2) is 42.6 Å². The standard InChI is InChI=1S/C31H41ClFN3O3/c1-31(2,3)39-30(37)35-18-22-4-6-24(7-5-22)21-38-15-13-34-19-25-16-27(33)17-29-28(25)12-14-36(29)20-23-8-10-26(32)11-9-23/h8-12,14,16-17,22,24,34H,4-7,13,15,18-21H2,1-3H3,(H,35,37). The number of fused-ring (bicyclic) bond motifs is 1. The van der Waals surface area contributed by atoms with E-state index in [2.05, 4.69) is 21.3 Å². The lowest BCUT2D eigenvalue weighted by atomic mass is 9.82. The van der Waals surface area contributed by atoms with Crippen molar-refractivity contribution in [1.82, 2.24) is 15.2 Å². The Morgan fingerprint density at radius 3 is 2.51 bits per heavy atom. The van der Waals surface area contributed by atoms with Crippen LogP contribution in [0.5, 0.6) is 0 Å². The molecule has 1 aliphatic carbocycles. The molecule has 212 valence electrons. The largest absolute Gasteiger partial charge is 0.444 e. The fourth-order valence-corrected chi connectivity index (χ4v) is 5.29. The Morgan fingerprint density at radius 1 is 1.08 bits per heavy atom. The molecule has 1 aromatic heterocycles. The monoisotopic (exact) mass is 557 g/mol. The van der Waals surface area contributed by atoms with Crippen molar-refractivity contribution >= 4 is 28.6 Å². The van der Waals surface area contributed by atoms with Crippen LogP contribution in [0.1, 0.15) is 57.6 Å². The molecule has 2 aromatic carbocycles. The minimum absolute atomic E-state index is 0.233. The number of carbonyl (C=O) groups excluding carboxylic acids is 1. The molecule has 0 aliphatic heterocycles. The van der Waals surface area contributed by atoms with E-state index in [4.69, 9.17) is 21.1 Å². The number of halogens is 2. The second kappa shape index (κ2) is 13.6. The second-order valence-corrected chi connectivity index (χ2v) is 12.0. The normalized spacial score (nSPS) is 17.9. The molecule has 1 fully saturated rings. The highest BCUT2D eigenvalue weighted by molar-refractivity contribution is 6.30. The number of rotatable bonds is 11. The maximum Gasteiger partial charge on any atom is 0.407 e. The van der Waals surface area contributed by atoms with Gasteiger partial charge in [0.15, 0.2) is 0 Å². The summed E-state index contributed by atoms with van der Waals surface area (Å²) in [6.07, 6.45) is 6.08. The van der Waals surface area contributed by atoms with Crippen LogP contribution in [0, 0.1) is 17.7 Å². The molecule has 1 aliphatic rings. The van der Waals surface area contributed by atoms with Crippen molar-refractivity contribution in [2.75, 3.05) is 26.3 Å². The summed E-state index contributed by atoms with van der Waals surface area (Å²) in [5, 5.41) is 8.07. The predicted octanol–water partition coefficient (Wildman–Crippen LogP) is 6.92. The maximum absolute atomic E-state index is 14.5. The van der Waals surface area contributed by atoms with Crippen LogP contribution < -0.4 is 10.6 Å². The molecular formula is C31H41ClFN3O3. The van der Waals surface area contributed by atoms with Crippen molar-refractivity contribution in [2.24, 2.45) is 11.8 Å². The third kappa shape index (κ3) is 9.23. The molecule has 0 saturated heterocycles. The molecule has 1 heterocycles. The molecule has 39 heavy (non-hydrogen) atoms. The lowest BCUT2D eigenvalue weighted by Gasteiger charge is -2.29. The summed E-state index contributed by atoms with van der Waals surface area (Å²) in [6.45, 7) is 9.61. The molecular weight excluding hydrogens is 517 g/mol. The smallest absolute Gasteiger partial charge is 0.407 e. The molecule has 6 nitrogen and oxygen atoms in total. The number of nitrogens with zero attached hydrogens (tertiary/aromatic N) is 1. The molecule has 0 spiro atoms. The van der Waals surface area contributed by atoms with Crippen LogP contribution >= 0.6 is 11.6 Å². The van der Waals surface area contributed by atoms with Crippen molar-refractivity contribution in [3.8, 4) is 0 Å². The Kier molecular flexibility index (Phi) is 10.3. The summed E-state index contributed by atoms with van der Waals surface area (Å²) in [5.74, 6) is 0.828. The first-order valence-electron chi connectivity index (χ1n) is 13.9. The first kappa shape index (κ1) is 29.4. The van der Waals surface area contributed by atoms with Gasteiger partial charge in [0.2, 0.25) is 0 Å². The summed E-state index contributed by atoms with van der Waals surface area (Å²) < 4.78 is 27.8. The topological polar surface area (TPSA) is 64.5 Å². The first-order chi connectivity index (χ1) is 18.7. The van der Waals surface area contributed by atoms with Gasteiger partial charge in [0.05, 0.1) is 12.1 Å². The number of nitrogens with one attached hydrogen (secondary N) is 2. The van der Waals surface area contributed by atoms with Crippen LogP contribution in [0.15, 0.2) is 48.7 Å². The molecule has 0 atom stereocenters. The number of benzene rings is 2. The number of hydrogen-bond acceptors (Lipinski definition) is 4. The van der Waals surface area contributed by atoms with Crippen LogP contribution in [0.4, 0.5) is 9.18 Å². The zero-order valence-electron chi connectivity index (χ0n) is 23.3. The van der Waals surface area contributed by atoms with Crippen molar-refractivity contribution < 1.29 is 18.7 Å². The predicted molar refractivity (Wildman–Crippen MR) is 155 cm³/mol. The Balaban J connectivity index is 1.14. The van der Waals surface area contributed by atoms with E-state index >= 15 is 0 Å². The number of alkyl carbamates (subject to hydrolysis) is 1. The Labute approximate surface area is 236 Å². The average molecular weight is 558 g/mol. The highest BCUT2D eigenvalue weighted by Crippen LogP contribution is 2.29. The summed E-state index contributed by atoms with van der Waals surface area (Å²) in [7, 11) is 0. The fourth-order valence-electron chi connectivity index (χ4n) is 5.17. The number of aromatic nitrogens is 1. The van der Waals surface area contributed by atoms with E-state index in [9.17, 15) is 9.18 Å². The molecule has 3 aromatic rings. The van der Waals surface area contributed by atoms with Gasteiger partial charge >= 0.3 is 6.09 Å². The van der Waals surface area contributed by atoms with Crippen molar-refractivity contribution in [2.45, 2.75) is 65.1 Å². The lowest BCUT2D eigenvalue weighted by Crippen LogP contribution is -2.36. The van der Waals surface area contributed by atoms with Crippen LogP contribution in [0.2, 0.25) is 5.02 Å². The van der Waals surface area contributed by atoms with Crippen molar-refractivity contribution in [1.29, 1.82) is 0 Å². The number of amides is 1.